The van der Waals surface area contributed by atoms with E-state index in [9.17, 15) is 9.90 Å². The third kappa shape index (κ3) is 5.71. The predicted octanol–water partition coefficient (Wildman–Crippen LogP) is 5.43. The third-order valence-corrected chi connectivity index (χ3v) is 7.65. The monoisotopic (exact) mass is 513 g/mol. The van der Waals surface area contributed by atoms with Gasteiger partial charge in [-0.1, -0.05) is 62.4 Å². The molecule has 1 aromatic heterocycles. The molecule has 1 fully saturated rings. The Morgan fingerprint density at radius 1 is 1.00 bits per heavy atom. The lowest BCUT2D eigenvalue weighted by Gasteiger charge is -2.33. The molecule has 6 heteroatoms. The smallest absolute Gasteiger partial charge is 0.267 e. The van der Waals surface area contributed by atoms with Crippen LogP contribution in [0.5, 0.6) is 5.75 Å². The molecular weight excluding hydrogens is 474 g/mol. The van der Waals surface area contributed by atoms with Crippen molar-refractivity contribution in [2.75, 3.05) is 33.3 Å². The van der Waals surface area contributed by atoms with Gasteiger partial charge < -0.3 is 24.6 Å². The number of nitrogens with one attached hydrogen (secondary N) is 1. The lowest BCUT2D eigenvalue weighted by molar-refractivity contribution is 0.0599. The Morgan fingerprint density at radius 3 is 2.50 bits per heavy atom. The van der Waals surface area contributed by atoms with Gasteiger partial charge in [0.1, 0.15) is 24.2 Å². The highest BCUT2D eigenvalue weighted by Gasteiger charge is 2.23. The van der Waals surface area contributed by atoms with Gasteiger partial charge in [-0.2, -0.15) is 0 Å². The lowest BCUT2D eigenvalue weighted by atomic mass is 9.88. The standard InChI is InChI=1S/C32H39N3O3/c1-22(2)19-35-29-9-6-10-31(28(29)18-30(35)32(37)33-3)38-21-27(36)20-34-15-13-24(14-16-34)26-12-11-23-7-4-5-8-25(23)17-26/h4-12,17-18,22,24,27,36H,13-16,19-21H2,1-3H3,(H,33,37)/t27-/m0/s1. The van der Waals surface area contributed by atoms with E-state index in [0.29, 0.717) is 29.8 Å². The third-order valence-electron chi connectivity index (χ3n) is 7.65. The predicted molar refractivity (Wildman–Crippen MR) is 154 cm³/mol. The normalized spacial score (nSPS) is 15.8. The molecule has 0 unspecified atom stereocenters. The molecule has 4 aromatic rings. The minimum Gasteiger partial charge on any atom is -0.490 e. The van der Waals surface area contributed by atoms with E-state index >= 15 is 0 Å². The summed E-state index contributed by atoms with van der Waals surface area (Å²) in [6, 6.07) is 23.2. The number of β-amino-alcohol motifs (C(OH)–C–C–N with tert-alkyl or cyclic N) is 1. The van der Waals surface area contributed by atoms with E-state index in [1.807, 2.05) is 24.3 Å². The average Bonchev–Trinajstić information content (AvgIpc) is 3.30. The molecule has 38 heavy (non-hydrogen) atoms. The van der Waals surface area contributed by atoms with Gasteiger partial charge in [0.15, 0.2) is 0 Å². The van der Waals surface area contributed by atoms with Gasteiger partial charge in [0, 0.05) is 25.5 Å². The van der Waals surface area contributed by atoms with Crippen molar-refractivity contribution in [2.24, 2.45) is 5.92 Å². The van der Waals surface area contributed by atoms with E-state index in [4.69, 9.17) is 4.74 Å². The molecule has 1 aliphatic heterocycles. The number of ether oxygens (including phenoxy) is 1. The molecule has 1 atom stereocenters. The molecule has 1 saturated heterocycles. The van der Waals surface area contributed by atoms with Crippen LogP contribution < -0.4 is 10.1 Å². The number of aromatic nitrogens is 1. The second kappa shape index (κ2) is 11.6. The van der Waals surface area contributed by atoms with Crippen molar-refractivity contribution in [3.05, 3.63) is 78.0 Å². The van der Waals surface area contributed by atoms with Gasteiger partial charge in [-0.15, -0.1) is 0 Å². The van der Waals surface area contributed by atoms with Gasteiger partial charge >= 0.3 is 0 Å². The molecule has 6 nitrogen and oxygen atoms in total. The van der Waals surface area contributed by atoms with Crippen molar-refractivity contribution in [3.8, 4) is 5.75 Å². The van der Waals surface area contributed by atoms with Crippen LogP contribution in [0.1, 0.15) is 48.7 Å². The number of nitrogens with zero attached hydrogens (tertiary/aromatic N) is 2. The fourth-order valence-corrected chi connectivity index (χ4v) is 5.71. The number of aliphatic hydroxyl groups is 1. The zero-order chi connectivity index (χ0) is 26.6. The number of piperidine rings is 1. The summed E-state index contributed by atoms with van der Waals surface area (Å²) < 4.78 is 8.18. The summed E-state index contributed by atoms with van der Waals surface area (Å²) in [5.74, 6) is 1.54. The highest BCUT2D eigenvalue weighted by molar-refractivity contribution is 6.00. The maximum Gasteiger partial charge on any atom is 0.267 e. The first-order valence-electron chi connectivity index (χ1n) is 13.8. The Labute approximate surface area is 225 Å². The molecule has 2 heterocycles. The highest BCUT2D eigenvalue weighted by Crippen LogP contribution is 2.32. The Bertz CT molecular complexity index is 1400. The van der Waals surface area contributed by atoms with Gasteiger partial charge in [0.2, 0.25) is 0 Å². The molecular formula is C32H39N3O3. The fourth-order valence-electron chi connectivity index (χ4n) is 5.71. The average molecular weight is 514 g/mol. The topological polar surface area (TPSA) is 66.7 Å². The molecule has 1 aliphatic rings. The minimum atomic E-state index is -0.585. The maximum absolute atomic E-state index is 12.5. The molecule has 0 saturated carbocycles. The largest absolute Gasteiger partial charge is 0.490 e. The first-order valence-corrected chi connectivity index (χ1v) is 13.8. The van der Waals surface area contributed by atoms with Crippen LogP contribution in [-0.4, -0.2) is 59.9 Å². The summed E-state index contributed by atoms with van der Waals surface area (Å²) in [4.78, 5) is 14.9. The number of benzene rings is 3. The van der Waals surface area contributed by atoms with Crippen molar-refractivity contribution in [1.29, 1.82) is 0 Å². The maximum atomic E-state index is 12.5. The van der Waals surface area contributed by atoms with E-state index in [1.165, 1.54) is 16.3 Å². The fraction of sp³-hybridized carbons (Fsp3) is 0.406. The van der Waals surface area contributed by atoms with Gasteiger partial charge in [0.05, 0.1) is 5.52 Å². The van der Waals surface area contributed by atoms with Crippen LogP contribution in [0, 0.1) is 5.92 Å². The number of aliphatic hydroxyl groups excluding tert-OH is 1. The number of amides is 1. The Balaban J connectivity index is 1.19. The Morgan fingerprint density at radius 2 is 1.76 bits per heavy atom. The number of likely N-dealkylation sites (tertiary alicyclic amines) is 1. The van der Waals surface area contributed by atoms with Gasteiger partial charge in [-0.3, -0.25) is 4.79 Å². The van der Waals surface area contributed by atoms with E-state index in [2.05, 4.69) is 71.1 Å². The second-order valence-corrected chi connectivity index (χ2v) is 10.9. The van der Waals surface area contributed by atoms with E-state index in [0.717, 1.165) is 43.4 Å². The van der Waals surface area contributed by atoms with Crippen LogP contribution in [0.3, 0.4) is 0 Å². The number of fused-ring (bicyclic) bond motifs is 2. The lowest BCUT2D eigenvalue weighted by Crippen LogP contribution is -2.40. The van der Waals surface area contributed by atoms with Crippen LogP contribution in [0.4, 0.5) is 0 Å². The van der Waals surface area contributed by atoms with Gasteiger partial charge in [-0.25, -0.2) is 0 Å². The first-order chi connectivity index (χ1) is 18.4. The molecule has 0 aliphatic carbocycles. The number of hydrogen-bond acceptors (Lipinski definition) is 4. The zero-order valence-electron chi connectivity index (χ0n) is 22.7. The molecule has 1 amide bonds. The molecule has 0 radical (unpaired) electrons. The number of carbonyl (C=O) groups is 1. The molecule has 5 rings (SSSR count). The number of rotatable bonds is 9. The van der Waals surface area contributed by atoms with Crippen LogP contribution in [-0.2, 0) is 6.54 Å². The quantitative estimate of drug-likeness (QED) is 0.313. The molecule has 3 aromatic carbocycles. The highest BCUT2D eigenvalue weighted by atomic mass is 16.5. The SMILES string of the molecule is CNC(=O)c1cc2c(OC[C@@H](O)CN3CCC(c4ccc5ccccc5c4)CC3)cccc2n1CC(C)C. The van der Waals surface area contributed by atoms with Crippen molar-refractivity contribution in [1.82, 2.24) is 14.8 Å². The summed E-state index contributed by atoms with van der Waals surface area (Å²) in [7, 11) is 1.65. The molecule has 0 bridgehead atoms. The Kier molecular flexibility index (Phi) is 8.01. The van der Waals surface area contributed by atoms with Crippen molar-refractivity contribution < 1.29 is 14.6 Å². The van der Waals surface area contributed by atoms with Crippen LogP contribution >= 0.6 is 0 Å². The molecule has 2 N–H and O–H groups in total. The van der Waals surface area contributed by atoms with E-state index in [1.54, 1.807) is 7.05 Å². The number of hydrogen-bond donors (Lipinski definition) is 2. The second-order valence-electron chi connectivity index (χ2n) is 10.9. The number of carbonyl (C=O) groups excluding carboxylic acids is 1. The van der Waals surface area contributed by atoms with Crippen molar-refractivity contribution >= 4 is 27.6 Å². The molecule has 0 spiro atoms. The summed E-state index contributed by atoms with van der Waals surface area (Å²) in [6.07, 6.45) is 1.60. The first kappa shape index (κ1) is 26.3. The van der Waals surface area contributed by atoms with Gasteiger partial charge in [-0.05, 0) is 72.3 Å². The van der Waals surface area contributed by atoms with Crippen molar-refractivity contribution in [3.63, 3.8) is 0 Å². The summed E-state index contributed by atoms with van der Waals surface area (Å²) >= 11 is 0. The minimum absolute atomic E-state index is 0.111. The summed E-state index contributed by atoms with van der Waals surface area (Å²) in [5.41, 5.74) is 3.02. The molecule has 200 valence electrons. The Hall–Kier alpha value is -3.35. The summed E-state index contributed by atoms with van der Waals surface area (Å²) in [6.45, 7) is 7.77. The van der Waals surface area contributed by atoms with Gasteiger partial charge in [0.25, 0.3) is 5.91 Å². The van der Waals surface area contributed by atoms with Crippen LogP contribution in [0.15, 0.2) is 66.7 Å². The van der Waals surface area contributed by atoms with Crippen LogP contribution in [0.25, 0.3) is 21.7 Å². The van der Waals surface area contributed by atoms with Crippen molar-refractivity contribution in [2.45, 2.75) is 45.3 Å². The summed E-state index contributed by atoms with van der Waals surface area (Å²) in [5, 5.41) is 17.0. The zero-order valence-corrected chi connectivity index (χ0v) is 22.7. The van der Waals surface area contributed by atoms with E-state index < -0.39 is 6.10 Å². The van der Waals surface area contributed by atoms with E-state index in [-0.39, 0.29) is 12.5 Å². The van der Waals surface area contributed by atoms with Crippen LogP contribution in [0.2, 0.25) is 0 Å².